The molecule has 0 atom stereocenters. The fraction of sp³-hybridized carbons (Fsp3) is 0.250. The van der Waals surface area contributed by atoms with E-state index >= 15 is 0 Å². The Bertz CT molecular complexity index is 500. The number of benzene rings is 1. The highest BCUT2D eigenvalue weighted by atomic mass is 35.5. The van der Waals surface area contributed by atoms with Gasteiger partial charge in [-0.05, 0) is 38.5 Å². The predicted molar refractivity (Wildman–Crippen MR) is 62.8 cm³/mol. The van der Waals surface area contributed by atoms with E-state index in [-0.39, 0.29) is 0 Å². The lowest BCUT2D eigenvalue weighted by atomic mass is 10.2. The molecular formula is C12H13ClN2. The highest BCUT2D eigenvalue weighted by Gasteiger charge is 2.10. The second kappa shape index (κ2) is 3.70. The zero-order valence-corrected chi connectivity index (χ0v) is 9.84. The largest absolute Gasteiger partial charge is 0.236 e. The number of hydrogen-bond donors (Lipinski definition) is 0. The molecule has 15 heavy (non-hydrogen) atoms. The van der Waals surface area contributed by atoms with Gasteiger partial charge in [0.25, 0.3) is 0 Å². The van der Waals surface area contributed by atoms with Crippen LogP contribution in [0.2, 0.25) is 5.02 Å². The van der Waals surface area contributed by atoms with Gasteiger partial charge in [-0.25, -0.2) is 4.68 Å². The lowest BCUT2D eigenvalue weighted by molar-refractivity contribution is 0.832. The van der Waals surface area contributed by atoms with Crippen molar-refractivity contribution in [2.45, 2.75) is 20.8 Å². The summed E-state index contributed by atoms with van der Waals surface area (Å²) in [6.45, 7) is 5.96. The van der Waals surface area contributed by atoms with Crippen molar-refractivity contribution in [3.05, 3.63) is 46.2 Å². The van der Waals surface area contributed by atoms with Crippen LogP contribution in [0.15, 0.2) is 24.3 Å². The third-order valence-electron chi connectivity index (χ3n) is 2.45. The molecule has 2 rings (SSSR count). The topological polar surface area (TPSA) is 17.8 Å². The average Bonchev–Trinajstić information content (AvgIpc) is 2.46. The molecule has 0 radical (unpaired) electrons. The lowest BCUT2D eigenvalue weighted by Gasteiger charge is -2.04. The summed E-state index contributed by atoms with van der Waals surface area (Å²) in [6.07, 6.45) is 0. The maximum atomic E-state index is 6.10. The van der Waals surface area contributed by atoms with Crippen LogP contribution in [0.25, 0.3) is 5.69 Å². The number of rotatable bonds is 1. The first-order valence-electron chi connectivity index (χ1n) is 4.88. The van der Waals surface area contributed by atoms with Crippen LogP contribution in [0, 0.1) is 20.8 Å². The number of aryl methyl sites for hydroxylation is 2. The van der Waals surface area contributed by atoms with Crippen molar-refractivity contribution in [2.75, 3.05) is 0 Å². The molecule has 2 aromatic rings. The Balaban J connectivity index is 2.59. The van der Waals surface area contributed by atoms with E-state index in [1.807, 2.05) is 30.7 Å². The minimum absolute atomic E-state index is 0.747. The summed E-state index contributed by atoms with van der Waals surface area (Å²) < 4.78 is 1.88. The van der Waals surface area contributed by atoms with Crippen LogP contribution >= 0.6 is 11.6 Å². The van der Waals surface area contributed by atoms with Crippen LogP contribution in [0.3, 0.4) is 0 Å². The van der Waals surface area contributed by atoms with Gasteiger partial charge in [0.2, 0.25) is 0 Å². The Hall–Kier alpha value is -1.28. The molecule has 0 saturated carbocycles. The van der Waals surface area contributed by atoms with Gasteiger partial charge in [-0.2, -0.15) is 5.10 Å². The average molecular weight is 221 g/mol. The second-order valence-electron chi connectivity index (χ2n) is 3.74. The van der Waals surface area contributed by atoms with E-state index in [0.29, 0.717) is 0 Å². The highest BCUT2D eigenvalue weighted by molar-refractivity contribution is 6.31. The molecule has 0 aliphatic carbocycles. The third-order valence-corrected chi connectivity index (χ3v) is 3.00. The van der Waals surface area contributed by atoms with Crippen LogP contribution in [0.4, 0.5) is 0 Å². The summed E-state index contributed by atoms with van der Waals surface area (Å²) >= 11 is 6.10. The minimum atomic E-state index is 0.747. The molecular weight excluding hydrogens is 208 g/mol. The maximum Gasteiger partial charge on any atom is 0.0848 e. The quantitative estimate of drug-likeness (QED) is 0.720. The maximum absolute atomic E-state index is 6.10. The van der Waals surface area contributed by atoms with Gasteiger partial charge < -0.3 is 0 Å². The number of halogens is 1. The van der Waals surface area contributed by atoms with Crippen molar-refractivity contribution >= 4 is 11.6 Å². The first-order valence-corrected chi connectivity index (χ1v) is 5.26. The summed E-state index contributed by atoms with van der Waals surface area (Å²) in [5.41, 5.74) is 4.13. The van der Waals surface area contributed by atoms with E-state index in [4.69, 9.17) is 11.6 Å². The first kappa shape index (κ1) is 10.2. The summed E-state index contributed by atoms with van der Waals surface area (Å²) in [6, 6.07) is 8.21. The van der Waals surface area contributed by atoms with Gasteiger partial charge in [-0.3, -0.25) is 0 Å². The van der Waals surface area contributed by atoms with Crippen molar-refractivity contribution < 1.29 is 0 Å². The Morgan fingerprint density at radius 2 is 1.93 bits per heavy atom. The smallest absolute Gasteiger partial charge is 0.0848 e. The molecule has 0 saturated heterocycles. The Morgan fingerprint density at radius 1 is 1.20 bits per heavy atom. The van der Waals surface area contributed by atoms with Crippen molar-refractivity contribution in [3.8, 4) is 5.69 Å². The van der Waals surface area contributed by atoms with Crippen LogP contribution in [0.5, 0.6) is 0 Å². The van der Waals surface area contributed by atoms with Crippen LogP contribution < -0.4 is 0 Å². The summed E-state index contributed by atoms with van der Waals surface area (Å²) in [5, 5.41) is 5.15. The standard InChI is InChI=1S/C12H13ClN2/c1-8-5-4-6-11(7-8)15-10(3)12(13)9(2)14-15/h4-7H,1-3H3. The minimum Gasteiger partial charge on any atom is -0.236 e. The molecule has 0 aliphatic heterocycles. The van der Waals surface area contributed by atoms with E-state index in [1.54, 1.807) is 0 Å². The van der Waals surface area contributed by atoms with E-state index < -0.39 is 0 Å². The van der Waals surface area contributed by atoms with Gasteiger partial charge in [0, 0.05) is 0 Å². The van der Waals surface area contributed by atoms with E-state index in [1.165, 1.54) is 5.56 Å². The van der Waals surface area contributed by atoms with Gasteiger partial charge in [-0.1, -0.05) is 23.7 Å². The lowest BCUT2D eigenvalue weighted by Crippen LogP contribution is -1.98. The SMILES string of the molecule is Cc1cccc(-n2nc(C)c(Cl)c2C)c1. The highest BCUT2D eigenvalue weighted by Crippen LogP contribution is 2.22. The molecule has 0 bridgehead atoms. The first-order chi connectivity index (χ1) is 7.09. The van der Waals surface area contributed by atoms with Gasteiger partial charge in [0.1, 0.15) is 0 Å². The molecule has 3 heteroatoms. The van der Waals surface area contributed by atoms with Gasteiger partial charge >= 0.3 is 0 Å². The van der Waals surface area contributed by atoms with E-state index in [2.05, 4.69) is 24.2 Å². The normalized spacial score (nSPS) is 10.7. The molecule has 1 aromatic carbocycles. The zero-order chi connectivity index (χ0) is 11.0. The molecule has 0 aliphatic rings. The molecule has 0 N–H and O–H groups in total. The number of hydrogen-bond acceptors (Lipinski definition) is 1. The van der Waals surface area contributed by atoms with Crippen LogP contribution in [0.1, 0.15) is 17.0 Å². The van der Waals surface area contributed by atoms with Crippen molar-refractivity contribution in [1.82, 2.24) is 9.78 Å². The molecule has 1 heterocycles. The fourth-order valence-corrected chi connectivity index (χ4v) is 1.75. The zero-order valence-electron chi connectivity index (χ0n) is 9.08. The van der Waals surface area contributed by atoms with Gasteiger partial charge in [0.15, 0.2) is 0 Å². The molecule has 0 unspecified atom stereocenters. The Morgan fingerprint density at radius 3 is 2.47 bits per heavy atom. The molecule has 0 amide bonds. The Labute approximate surface area is 94.5 Å². The molecule has 0 fully saturated rings. The van der Waals surface area contributed by atoms with Gasteiger partial charge in [-0.15, -0.1) is 0 Å². The molecule has 78 valence electrons. The summed E-state index contributed by atoms with van der Waals surface area (Å²) in [4.78, 5) is 0. The molecule has 1 aromatic heterocycles. The second-order valence-corrected chi connectivity index (χ2v) is 4.11. The van der Waals surface area contributed by atoms with E-state index in [0.717, 1.165) is 22.1 Å². The third kappa shape index (κ3) is 1.77. The Kier molecular flexibility index (Phi) is 2.53. The molecule has 2 nitrogen and oxygen atoms in total. The summed E-state index contributed by atoms with van der Waals surface area (Å²) in [5.74, 6) is 0. The fourth-order valence-electron chi connectivity index (χ4n) is 1.63. The van der Waals surface area contributed by atoms with E-state index in [9.17, 15) is 0 Å². The van der Waals surface area contributed by atoms with Gasteiger partial charge in [0.05, 0.1) is 22.1 Å². The van der Waals surface area contributed by atoms with Crippen molar-refractivity contribution in [1.29, 1.82) is 0 Å². The predicted octanol–water partition coefficient (Wildman–Crippen LogP) is 3.45. The van der Waals surface area contributed by atoms with Crippen molar-refractivity contribution in [3.63, 3.8) is 0 Å². The number of nitrogens with zero attached hydrogens (tertiary/aromatic N) is 2. The molecule has 0 spiro atoms. The summed E-state index contributed by atoms with van der Waals surface area (Å²) in [7, 11) is 0. The monoisotopic (exact) mass is 220 g/mol. The van der Waals surface area contributed by atoms with Crippen LogP contribution in [-0.4, -0.2) is 9.78 Å². The van der Waals surface area contributed by atoms with Crippen molar-refractivity contribution in [2.24, 2.45) is 0 Å². The number of aromatic nitrogens is 2. The van der Waals surface area contributed by atoms with Crippen LogP contribution in [-0.2, 0) is 0 Å².